The molecular weight excluding hydrogens is 210 g/mol. The molecule has 82 valence electrons. The van der Waals surface area contributed by atoms with Gasteiger partial charge in [0.2, 0.25) is 5.89 Å². The van der Waals surface area contributed by atoms with E-state index in [4.69, 9.17) is 10.3 Å². The Balaban J connectivity index is 1.78. The number of nitrogens with two attached hydrogens (primary N) is 1. The summed E-state index contributed by atoms with van der Waals surface area (Å²) in [6.07, 6.45) is 1.20. The van der Waals surface area contributed by atoms with E-state index in [1.807, 2.05) is 11.8 Å². The molecule has 0 bridgehead atoms. The molecule has 0 amide bonds. The summed E-state index contributed by atoms with van der Waals surface area (Å²) in [6, 6.07) is 0.180. The second-order valence-corrected chi connectivity index (χ2v) is 5.69. The molecular formula is C10H15N3OS. The minimum absolute atomic E-state index is 0.180. The Kier molecular flexibility index (Phi) is 2.25. The normalized spacial score (nSPS) is 39.6. The molecule has 1 aliphatic heterocycles. The molecule has 2 N–H and O–H groups in total. The average molecular weight is 225 g/mol. The molecule has 0 spiro atoms. The molecule has 0 radical (unpaired) electrons. The summed E-state index contributed by atoms with van der Waals surface area (Å²) in [6.45, 7) is 2.22. The summed E-state index contributed by atoms with van der Waals surface area (Å²) >= 11 is 1.87. The van der Waals surface area contributed by atoms with Crippen molar-refractivity contribution in [3.63, 3.8) is 0 Å². The Labute approximate surface area is 93.0 Å². The zero-order valence-electron chi connectivity index (χ0n) is 8.72. The van der Waals surface area contributed by atoms with Gasteiger partial charge in [-0.2, -0.15) is 16.7 Å². The van der Waals surface area contributed by atoms with Gasteiger partial charge in [-0.25, -0.2) is 0 Å². The molecule has 5 heteroatoms. The third-order valence-corrected chi connectivity index (χ3v) is 4.56. The van der Waals surface area contributed by atoms with E-state index < -0.39 is 0 Å². The van der Waals surface area contributed by atoms with E-state index >= 15 is 0 Å². The highest BCUT2D eigenvalue weighted by Gasteiger charge is 2.39. The lowest BCUT2D eigenvalue weighted by molar-refractivity contribution is 0.348. The Morgan fingerprint density at radius 2 is 2.20 bits per heavy atom. The Morgan fingerprint density at radius 3 is 2.80 bits per heavy atom. The lowest BCUT2D eigenvalue weighted by Gasteiger charge is -2.07. The van der Waals surface area contributed by atoms with Gasteiger partial charge in [-0.15, -0.1) is 0 Å². The van der Waals surface area contributed by atoms with E-state index in [1.165, 1.54) is 6.42 Å². The zero-order chi connectivity index (χ0) is 10.4. The predicted octanol–water partition coefficient (Wildman–Crippen LogP) is 1.35. The first-order valence-corrected chi connectivity index (χ1v) is 6.58. The van der Waals surface area contributed by atoms with Crippen molar-refractivity contribution in [2.75, 3.05) is 11.5 Å². The van der Waals surface area contributed by atoms with Gasteiger partial charge in [-0.1, -0.05) is 12.1 Å². The van der Waals surface area contributed by atoms with Crippen molar-refractivity contribution in [3.8, 4) is 0 Å². The fraction of sp³-hybridized carbons (Fsp3) is 0.800. The van der Waals surface area contributed by atoms with Gasteiger partial charge < -0.3 is 10.3 Å². The van der Waals surface area contributed by atoms with Gasteiger partial charge in [-0.05, 0) is 12.3 Å². The largest absolute Gasteiger partial charge is 0.339 e. The van der Waals surface area contributed by atoms with Crippen molar-refractivity contribution in [2.24, 2.45) is 11.7 Å². The third-order valence-electron chi connectivity index (χ3n) is 3.34. The third kappa shape index (κ3) is 1.67. The molecule has 2 heterocycles. The van der Waals surface area contributed by atoms with Crippen molar-refractivity contribution < 1.29 is 4.52 Å². The van der Waals surface area contributed by atoms with Crippen LogP contribution in [0.15, 0.2) is 4.52 Å². The average Bonchev–Trinajstić information content (AvgIpc) is 2.69. The fourth-order valence-electron chi connectivity index (χ4n) is 2.06. The predicted molar refractivity (Wildman–Crippen MR) is 58.9 cm³/mol. The smallest absolute Gasteiger partial charge is 0.232 e. The molecule has 4 nitrogen and oxygen atoms in total. The zero-order valence-corrected chi connectivity index (χ0v) is 9.54. The van der Waals surface area contributed by atoms with Crippen LogP contribution in [0.1, 0.15) is 36.9 Å². The number of nitrogens with zero attached hydrogens (tertiary/aromatic N) is 2. The molecule has 1 aliphatic carbocycles. The highest BCUT2D eigenvalue weighted by atomic mass is 32.2. The molecule has 2 fully saturated rings. The molecule has 3 rings (SSSR count). The quantitative estimate of drug-likeness (QED) is 0.823. The number of thioether (sulfide) groups is 1. The van der Waals surface area contributed by atoms with Crippen LogP contribution >= 0.6 is 11.8 Å². The van der Waals surface area contributed by atoms with E-state index in [1.54, 1.807) is 0 Å². The van der Waals surface area contributed by atoms with E-state index in [0.29, 0.717) is 5.92 Å². The summed E-state index contributed by atoms with van der Waals surface area (Å²) in [7, 11) is 0. The van der Waals surface area contributed by atoms with Crippen LogP contribution in [0.3, 0.4) is 0 Å². The Bertz CT molecular complexity index is 367. The second kappa shape index (κ2) is 3.49. The van der Waals surface area contributed by atoms with Gasteiger partial charge in [0.25, 0.3) is 0 Å². The Morgan fingerprint density at radius 1 is 1.40 bits per heavy atom. The lowest BCUT2D eigenvalue weighted by Crippen LogP contribution is -2.26. The molecule has 1 aromatic heterocycles. The molecule has 0 aromatic carbocycles. The van der Waals surface area contributed by atoms with Crippen LogP contribution in [0.2, 0.25) is 0 Å². The van der Waals surface area contributed by atoms with Gasteiger partial charge in [0, 0.05) is 23.5 Å². The molecule has 4 atom stereocenters. The highest BCUT2D eigenvalue weighted by molar-refractivity contribution is 7.99. The maximum absolute atomic E-state index is 5.99. The first-order chi connectivity index (χ1) is 7.25. The molecule has 4 unspecified atom stereocenters. The van der Waals surface area contributed by atoms with Crippen LogP contribution in [-0.2, 0) is 0 Å². The van der Waals surface area contributed by atoms with E-state index in [-0.39, 0.29) is 12.0 Å². The van der Waals surface area contributed by atoms with Crippen molar-refractivity contribution in [3.05, 3.63) is 11.7 Å². The molecule has 1 saturated carbocycles. The van der Waals surface area contributed by atoms with E-state index in [2.05, 4.69) is 17.1 Å². The van der Waals surface area contributed by atoms with Crippen LogP contribution < -0.4 is 5.73 Å². The van der Waals surface area contributed by atoms with E-state index in [0.717, 1.165) is 29.1 Å². The second-order valence-electron chi connectivity index (χ2n) is 4.62. The van der Waals surface area contributed by atoms with E-state index in [9.17, 15) is 0 Å². The first-order valence-electron chi connectivity index (χ1n) is 5.42. The molecule has 15 heavy (non-hydrogen) atoms. The van der Waals surface area contributed by atoms with Crippen LogP contribution in [-0.4, -0.2) is 27.7 Å². The summed E-state index contributed by atoms with van der Waals surface area (Å²) in [4.78, 5) is 4.48. The van der Waals surface area contributed by atoms with Gasteiger partial charge in [0.1, 0.15) is 0 Å². The van der Waals surface area contributed by atoms with Crippen LogP contribution in [0.5, 0.6) is 0 Å². The van der Waals surface area contributed by atoms with Gasteiger partial charge >= 0.3 is 0 Å². The minimum atomic E-state index is 0.180. The standard InChI is InChI=1S/C10H15N3OS/c1-5-2-6(5)9-12-10(14-13-9)7-3-15-4-8(7)11/h5-8H,2-4,11H2,1H3. The molecule has 1 saturated heterocycles. The van der Waals surface area contributed by atoms with Crippen molar-refractivity contribution in [2.45, 2.75) is 31.2 Å². The summed E-state index contributed by atoms with van der Waals surface area (Å²) in [5.41, 5.74) is 5.99. The number of aromatic nitrogens is 2. The number of rotatable bonds is 2. The van der Waals surface area contributed by atoms with Crippen molar-refractivity contribution >= 4 is 11.8 Å². The first kappa shape index (κ1) is 9.66. The van der Waals surface area contributed by atoms with Crippen molar-refractivity contribution in [1.29, 1.82) is 0 Å². The maximum Gasteiger partial charge on any atom is 0.232 e. The van der Waals surface area contributed by atoms with Crippen LogP contribution in [0.25, 0.3) is 0 Å². The van der Waals surface area contributed by atoms with Crippen molar-refractivity contribution in [1.82, 2.24) is 10.1 Å². The SMILES string of the molecule is CC1CC1c1noc(C2CSCC2N)n1. The Hall–Kier alpha value is -0.550. The molecule has 1 aromatic rings. The summed E-state index contributed by atoms with van der Waals surface area (Å²) in [5.74, 6) is 5.19. The van der Waals surface area contributed by atoms with Gasteiger partial charge in [0.05, 0.1) is 5.92 Å². The van der Waals surface area contributed by atoms with Gasteiger partial charge in [0.15, 0.2) is 5.82 Å². The molecule has 2 aliphatic rings. The topological polar surface area (TPSA) is 64.9 Å². The van der Waals surface area contributed by atoms with Gasteiger partial charge in [-0.3, -0.25) is 0 Å². The highest BCUT2D eigenvalue weighted by Crippen LogP contribution is 2.46. The number of hydrogen-bond acceptors (Lipinski definition) is 5. The fourth-order valence-corrected chi connectivity index (χ4v) is 3.34. The van der Waals surface area contributed by atoms with Crippen LogP contribution in [0.4, 0.5) is 0 Å². The maximum atomic E-state index is 5.99. The lowest BCUT2D eigenvalue weighted by atomic mass is 10.1. The summed E-state index contributed by atoms with van der Waals surface area (Å²) < 4.78 is 5.31. The van der Waals surface area contributed by atoms with Crippen LogP contribution in [0, 0.1) is 5.92 Å². The summed E-state index contributed by atoms with van der Waals surface area (Å²) in [5, 5.41) is 4.06. The number of hydrogen-bond donors (Lipinski definition) is 1. The minimum Gasteiger partial charge on any atom is -0.339 e. The monoisotopic (exact) mass is 225 g/mol.